The topological polar surface area (TPSA) is 0 Å². The average Bonchev–Trinajstić information content (AvgIpc) is 2.56. The van der Waals surface area contributed by atoms with Crippen LogP contribution in [0.4, 0.5) is 0 Å². The number of thioether (sulfide) groups is 2. The van der Waals surface area contributed by atoms with E-state index in [0.717, 1.165) is 11.8 Å². The van der Waals surface area contributed by atoms with Gasteiger partial charge in [-0.05, 0) is 42.6 Å². The number of rotatable bonds is 14. The van der Waals surface area contributed by atoms with E-state index in [9.17, 15) is 0 Å². The smallest absolute Gasteiger partial charge is 0.0616 e. The third-order valence-corrected chi connectivity index (χ3v) is 8.85. The van der Waals surface area contributed by atoms with Crippen LogP contribution in [-0.4, -0.2) is 15.6 Å². The molecular weight excluding hydrogens is 328 g/mol. The molecule has 1 saturated heterocycles. The minimum atomic E-state index is 0.548. The molecule has 0 saturated carbocycles. The summed E-state index contributed by atoms with van der Waals surface area (Å²) in [4.78, 5) is 0. The highest BCUT2D eigenvalue weighted by Gasteiger charge is 2.36. The fraction of sp³-hybridized carbons (Fsp3) is 1.00. The molecule has 0 radical (unpaired) electrons. The zero-order valence-electron chi connectivity index (χ0n) is 17.1. The summed E-state index contributed by atoms with van der Waals surface area (Å²) >= 11 is 4.64. The molecule has 144 valence electrons. The van der Waals surface area contributed by atoms with E-state index in [1.165, 1.54) is 95.0 Å². The van der Waals surface area contributed by atoms with Gasteiger partial charge in [-0.15, -0.1) is 23.5 Å². The van der Waals surface area contributed by atoms with Crippen LogP contribution in [0.15, 0.2) is 0 Å². The Morgan fingerprint density at radius 3 is 1.58 bits per heavy atom. The molecule has 24 heavy (non-hydrogen) atoms. The molecule has 0 aromatic heterocycles. The first-order valence-corrected chi connectivity index (χ1v) is 12.9. The maximum Gasteiger partial charge on any atom is 0.0616 e. The number of unbranched alkanes of at least 4 members (excludes halogenated alkanes) is 6. The van der Waals surface area contributed by atoms with Crippen LogP contribution in [0.5, 0.6) is 0 Å². The van der Waals surface area contributed by atoms with Crippen LogP contribution in [0.25, 0.3) is 0 Å². The van der Waals surface area contributed by atoms with Gasteiger partial charge >= 0.3 is 0 Å². The summed E-state index contributed by atoms with van der Waals surface area (Å²) in [6.45, 7) is 9.68. The van der Waals surface area contributed by atoms with Gasteiger partial charge in [-0.2, -0.15) is 0 Å². The minimum absolute atomic E-state index is 0.548. The molecule has 0 spiro atoms. The van der Waals surface area contributed by atoms with E-state index in [2.05, 4.69) is 51.2 Å². The van der Waals surface area contributed by atoms with Crippen molar-refractivity contribution in [3.8, 4) is 0 Å². The first-order valence-electron chi connectivity index (χ1n) is 10.9. The van der Waals surface area contributed by atoms with Gasteiger partial charge < -0.3 is 0 Å². The Kier molecular flexibility index (Phi) is 13.1. The fourth-order valence-electron chi connectivity index (χ4n) is 4.04. The lowest BCUT2D eigenvalue weighted by Gasteiger charge is -2.40. The third-order valence-electron chi connectivity index (χ3n) is 5.44. The van der Waals surface area contributed by atoms with Gasteiger partial charge in [-0.1, -0.05) is 91.9 Å². The van der Waals surface area contributed by atoms with E-state index in [0.29, 0.717) is 4.08 Å². The van der Waals surface area contributed by atoms with Crippen molar-refractivity contribution in [1.82, 2.24) is 0 Å². The molecular formula is C22H44S2. The zero-order chi connectivity index (χ0) is 17.7. The van der Waals surface area contributed by atoms with Crippen molar-refractivity contribution in [3.05, 3.63) is 0 Å². The molecule has 1 aliphatic heterocycles. The van der Waals surface area contributed by atoms with E-state index in [1.807, 2.05) is 0 Å². The Bertz CT molecular complexity index is 262. The van der Waals surface area contributed by atoms with E-state index in [-0.39, 0.29) is 0 Å². The van der Waals surface area contributed by atoms with Crippen molar-refractivity contribution in [2.24, 2.45) is 11.8 Å². The Balaban J connectivity index is 2.40. The predicted molar refractivity (Wildman–Crippen MR) is 117 cm³/mol. The molecule has 2 heteroatoms. The van der Waals surface area contributed by atoms with Gasteiger partial charge in [-0.25, -0.2) is 0 Å². The summed E-state index contributed by atoms with van der Waals surface area (Å²) in [5, 5.41) is 0. The SMILES string of the molecule is CCCCCC[C@H](C)CC1(C[C@@H](C)CCCCCC)SCCCS1. The zero-order valence-corrected chi connectivity index (χ0v) is 18.7. The van der Waals surface area contributed by atoms with Gasteiger partial charge in [0.2, 0.25) is 0 Å². The van der Waals surface area contributed by atoms with E-state index < -0.39 is 0 Å². The fourth-order valence-corrected chi connectivity index (χ4v) is 7.99. The molecule has 0 amide bonds. The van der Waals surface area contributed by atoms with Gasteiger partial charge in [0.25, 0.3) is 0 Å². The number of hydrogen-bond donors (Lipinski definition) is 0. The maximum atomic E-state index is 2.52. The molecule has 0 bridgehead atoms. The van der Waals surface area contributed by atoms with Gasteiger partial charge in [0.05, 0.1) is 4.08 Å². The lowest BCUT2D eigenvalue weighted by atomic mass is 9.91. The van der Waals surface area contributed by atoms with E-state index >= 15 is 0 Å². The van der Waals surface area contributed by atoms with Gasteiger partial charge in [0.15, 0.2) is 0 Å². The van der Waals surface area contributed by atoms with Crippen molar-refractivity contribution in [2.75, 3.05) is 11.5 Å². The summed E-state index contributed by atoms with van der Waals surface area (Å²) in [6.07, 6.45) is 18.6. The Morgan fingerprint density at radius 2 is 1.17 bits per heavy atom. The van der Waals surface area contributed by atoms with E-state index in [1.54, 1.807) is 0 Å². The Hall–Kier alpha value is 0.700. The second-order valence-corrected chi connectivity index (χ2v) is 11.5. The summed E-state index contributed by atoms with van der Waals surface area (Å²) in [7, 11) is 0. The third kappa shape index (κ3) is 10.00. The summed E-state index contributed by atoms with van der Waals surface area (Å²) in [5.74, 6) is 4.62. The Morgan fingerprint density at radius 1 is 0.708 bits per heavy atom. The molecule has 0 nitrogen and oxygen atoms in total. The molecule has 0 N–H and O–H groups in total. The monoisotopic (exact) mass is 372 g/mol. The van der Waals surface area contributed by atoms with Crippen LogP contribution in [0.3, 0.4) is 0 Å². The number of hydrogen-bond acceptors (Lipinski definition) is 2. The van der Waals surface area contributed by atoms with Crippen LogP contribution >= 0.6 is 23.5 Å². The van der Waals surface area contributed by atoms with Crippen molar-refractivity contribution < 1.29 is 0 Å². The summed E-state index contributed by atoms with van der Waals surface area (Å²) in [6, 6.07) is 0. The van der Waals surface area contributed by atoms with Crippen molar-refractivity contribution >= 4 is 23.5 Å². The summed E-state index contributed by atoms with van der Waals surface area (Å²) < 4.78 is 0.548. The molecule has 1 rings (SSSR count). The molecule has 0 aliphatic carbocycles. The highest BCUT2D eigenvalue weighted by Crippen LogP contribution is 2.51. The lowest BCUT2D eigenvalue weighted by Crippen LogP contribution is -2.30. The molecule has 0 unspecified atom stereocenters. The quantitative estimate of drug-likeness (QED) is 0.280. The van der Waals surface area contributed by atoms with Crippen molar-refractivity contribution in [2.45, 2.75) is 115 Å². The highest BCUT2D eigenvalue weighted by atomic mass is 32.2. The van der Waals surface area contributed by atoms with Crippen molar-refractivity contribution in [3.63, 3.8) is 0 Å². The first-order chi connectivity index (χ1) is 11.6. The lowest BCUT2D eigenvalue weighted by molar-refractivity contribution is 0.384. The molecule has 0 aromatic carbocycles. The van der Waals surface area contributed by atoms with E-state index in [4.69, 9.17) is 0 Å². The van der Waals surface area contributed by atoms with Crippen molar-refractivity contribution in [1.29, 1.82) is 0 Å². The molecule has 1 fully saturated rings. The highest BCUT2D eigenvalue weighted by molar-refractivity contribution is 8.18. The van der Waals surface area contributed by atoms with Gasteiger partial charge in [-0.3, -0.25) is 0 Å². The predicted octanol–water partition coefficient (Wildman–Crippen LogP) is 8.55. The van der Waals surface area contributed by atoms with Gasteiger partial charge in [0, 0.05) is 0 Å². The van der Waals surface area contributed by atoms with Crippen LogP contribution in [0.2, 0.25) is 0 Å². The van der Waals surface area contributed by atoms with Crippen LogP contribution in [-0.2, 0) is 0 Å². The standard InChI is InChI=1S/C22H44S2/c1-5-7-9-11-14-20(3)18-22(23-16-13-17-24-22)19-21(4)15-12-10-8-6-2/h20-21H,5-19H2,1-4H3/t20-,21-/m0/s1. The van der Waals surface area contributed by atoms with Crippen LogP contribution < -0.4 is 0 Å². The molecule has 0 aromatic rings. The minimum Gasteiger partial charge on any atom is -0.144 e. The largest absolute Gasteiger partial charge is 0.144 e. The van der Waals surface area contributed by atoms with Gasteiger partial charge in [0.1, 0.15) is 0 Å². The molecule has 1 aliphatic rings. The van der Waals surface area contributed by atoms with Crippen LogP contribution in [0.1, 0.15) is 111 Å². The second-order valence-electron chi connectivity index (χ2n) is 8.28. The average molecular weight is 373 g/mol. The first kappa shape index (κ1) is 22.7. The second kappa shape index (κ2) is 13.8. The molecule has 2 atom stereocenters. The molecule has 1 heterocycles. The normalized spacial score (nSPS) is 20.0. The Labute approximate surface area is 162 Å². The summed E-state index contributed by atoms with van der Waals surface area (Å²) in [5.41, 5.74) is 0. The van der Waals surface area contributed by atoms with Crippen LogP contribution in [0, 0.1) is 11.8 Å². The maximum absolute atomic E-state index is 2.52.